The molecule has 0 aromatic rings. The molecule has 1 aliphatic rings. The van der Waals surface area contributed by atoms with Crippen molar-refractivity contribution in [2.75, 3.05) is 0 Å². The van der Waals surface area contributed by atoms with E-state index in [0.29, 0.717) is 0 Å². The Kier molecular flexibility index (Phi) is 8.27. The van der Waals surface area contributed by atoms with Gasteiger partial charge in [0.15, 0.2) is 0 Å². The van der Waals surface area contributed by atoms with Crippen LogP contribution in [-0.2, 0) is 0 Å². The van der Waals surface area contributed by atoms with Crippen LogP contribution in [0.2, 0.25) is 41.0 Å². The Hall–Kier alpha value is 1.09. The van der Waals surface area contributed by atoms with Gasteiger partial charge in [0.2, 0.25) is 0 Å². The van der Waals surface area contributed by atoms with Gasteiger partial charge in [-0.25, -0.2) is 0 Å². The fourth-order valence-corrected chi connectivity index (χ4v) is 25.7. The molecular formula is C18H40Ge2. The molecule has 1 saturated carbocycles. The fourth-order valence-electron chi connectivity index (χ4n) is 5.55. The molecule has 1 rings (SSSR count). The van der Waals surface area contributed by atoms with Gasteiger partial charge in [-0.05, 0) is 0 Å². The van der Waals surface area contributed by atoms with Crippen LogP contribution in [0.25, 0.3) is 0 Å². The van der Waals surface area contributed by atoms with Crippen molar-refractivity contribution in [2.45, 2.75) is 108 Å². The second kappa shape index (κ2) is 8.65. The van der Waals surface area contributed by atoms with Crippen LogP contribution in [0.1, 0.15) is 67.2 Å². The van der Waals surface area contributed by atoms with Gasteiger partial charge in [0, 0.05) is 0 Å². The summed E-state index contributed by atoms with van der Waals surface area (Å²) < 4.78 is 2.44. The molecule has 20 heavy (non-hydrogen) atoms. The summed E-state index contributed by atoms with van der Waals surface area (Å²) in [6.07, 6.45) is 6.53. The van der Waals surface area contributed by atoms with Crippen LogP contribution in [0.3, 0.4) is 0 Å². The van der Waals surface area contributed by atoms with Crippen LogP contribution >= 0.6 is 0 Å². The Bertz CT molecular complexity index is 214. The predicted molar refractivity (Wildman–Crippen MR) is 100 cm³/mol. The summed E-state index contributed by atoms with van der Waals surface area (Å²) in [6.45, 7) is 15.1. The summed E-state index contributed by atoms with van der Waals surface area (Å²) in [5.74, 6) is 0. The van der Waals surface area contributed by atoms with Gasteiger partial charge in [0.1, 0.15) is 0 Å². The van der Waals surface area contributed by atoms with Crippen molar-refractivity contribution in [3.8, 4) is 0 Å². The van der Waals surface area contributed by atoms with Crippen LogP contribution in [0.15, 0.2) is 0 Å². The third-order valence-electron chi connectivity index (χ3n) is 7.68. The molecule has 1 fully saturated rings. The molecule has 0 nitrogen and oxygen atoms in total. The van der Waals surface area contributed by atoms with Gasteiger partial charge in [-0.1, -0.05) is 0 Å². The SMILES string of the molecule is C[CH2][Ge]([CH2]C)([CH2]C)[CH]1CC[CH]([Ge]([CH2]C)([CH2]C)[CH2]C)CC1. The third kappa shape index (κ3) is 3.70. The van der Waals surface area contributed by atoms with Gasteiger partial charge in [-0.3, -0.25) is 0 Å². The van der Waals surface area contributed by atoms with Crippen molar-refractivity contribution in [3.63, 3.8) is 0 Å². The molecule has 0 aromatic heterocycles. The van der Waals surface area contributed by atoms with Gasteiger partial charge in [-0.2, -0.15) is 0 Å². The maximum atomic E-state index is 2.52. The molecule has 0 unspecified atom stereocenters. The normalized spacial score (nSPS) is 24.9. The molecule has 0 aromatic carbocycles. The average molecular weight is 402 g/mol. The Morgan fingerprint density at radius 3 is 0.850 bits per heavy atom. The van der Waals surface area contributed by atoms with Crippen LogP contribution in [-0.4, -0.2) is 26.5 Å². The predicted octanol–water partition coefficient (Wildman–Crippen LogP) is 7.32. The van der Waals surface area contributed by atoms with Crippen molar-refractivity contribution in [1.29, 1.82) is 0 Å². The summed E-state index contributed by atoms with van der Waals surface area (Å²) >= 11 is -2.94. The van der Waals surface area contributed by atoms with E-state index in [1.807, 2.05) is 0 Å². The second-order valence-corrected chi connectivity index (χ2v) is 31.2. The molecule has 0 atom stereocenters. The van der Waals surface area contributed by atoms with Crippen molar-refractivity contribution < 1.29 is 0 Å². The summed E-state index contributed by atoms with van der Waals surface area (Å²) in [5, 5.41) is 9.53. The summed E-state index contributed by atoms with van der Waals surface area (Å²) in [7, 11) is 0. The van der Waals surface area contributed by atoms with E-state index in [1.165, 1.54) is 9.50 Å². The van der Waals surface area contributed by atoms with E-state index in [0.717, 1.165) is 0 Å². The number of hydrogen-bond donors (Lipinski definition) is 0. The number of hydrogen-bond acceptors (Lipinski definition) is 0. The van der Waals surface area contributed by atoms with Gasteiger partial charge in [0.25, 0.3) is 0 Å². The molecule has 0 spiro atoms. The molecule has 0 amide bonds. The minimum absolute atomic E-state index is 1.22. The molecule has 0 N–H and O–H groups in total. The Morgan fingerprint density at radius 2 is 0.700 bits per heavy atom. The van der Waals surface area contributed by atoms with E-state index in [2.05, 4.69) is 41.5 Å². The van der Waals surface area contributed by atoms with E-state index in [9.17, 15) is 0 Å². The molecule has 120 valence electrons. The van der Waals surface area contributed by atoms with E-state index >= 15 is 0 Å². The molecule has 1 aliphatic carbocycles. The standard InChI is InChI=1S/C18H40Ge2/c1-7-19(8-2,9-3)17-13-15-18(16-14-17)20(10-4,11-5)12-6/h17-18H,7-16H2,1-6H3. The molecule has 0 aliphatic heterocycles. The van der Waals surface area contributed by atoms with E-state index in [4.69, 9.17) is 0 Å². The zero-order valence-electron chi connectivity index (χ0n) is 15.2. The molecule has 2 heteroatoms. The zero-order chi connectivity index (χ0) is 15.2. The van der Waals surface area contributed by atoms with Crippen molar-refractivity contribution in [2.24, 2.45) is 0 Å². The van der Waals surface area contributed by atoms with Gasteiger partial charge in [0.05, 0.1) is 0 Å². The maximum absolute atomic E-state index is 2.52. The van der Waals surface area contributed by atoms with Crippen LogP contribution in [0, 0.1) is 0 Å². The van der Waals surface area contributed by atoms with Crippen molar-refractivity contribution >= 4 is 26.5 Å². The first-order chi connectivity index (χ1) is 9.57. The van der Waals surface area contributed by atoms with Gasteiger partial charge in [-0.15, -0.1) is 0 Å². The number of rotatable bonds is 8. The van der Waals surface area contributed by atoms with E-state index in [-0.39, 0.29) is 0 Å². The average Bonchev–Trinajstić information content (AvgIpc) is 2.53. The van der Waals surface area contributed by atoms with Gasteiger partial charge >= 0.3 is 135 Å². The first-order valence-corrected chi connectivity index (χ1v) is 20.9. The van der Waals surface area contributed by atoms with Crippen molar-refractivity contribution in [1.82, 2.24) is 0 Å². The third-order valence-corrected chi connectivity index (χ3v) is 35.1. The monoisotopic (exact) mass is 404 g/mol. The second-order valence-electron chi connectivity index (χ2n) is 7.39. The molecule has 0 bridgehead atoms. The quantitative estimate of drug-likeness (QED) is 0.374. The molecule has 0 radical (unpaired) electrons. The topological polar surface area (TPSA) is 0 Å². The fraction of sp³-hybridized carbons (Fsp3) is 1.00. The zero-order valence-corrected chi connectivity index (χ0v) is 19.4. The van der Waals surface area contributed by atoms with E-state index in [1.54, 1.807) is 57.2 Å². The van der Waals surface area contributed by atoms with Gasteiger partial charge < -0.3 is 0 Å². The Balaban J connectivity index is 2.72. The van der Waals surface area contributed by atoms with Crippen molar-refractivity contribution in [3.05, 3.63) is 0 Å². The summed E-state index contributed by atoms with van der Waals surface area (Å²) in [4.78, 5) is 0. The molecular weight excluding hydrogens is 361 g/mol. The minimum atomic E-state index is -1.47. The molecule has 0 saturated heterocycles. The first-order valence-electron chi connectivity index (χ1n) is 9.57. The summed E-state index contributed by atoms with van der Waals surface area (Å²) in [5.41, 5.74) is 0. The molecule has 0 heterocycles. The Labute approximate surface area is 134 Å². The van der Waals surface area contributed by atoms with Crippen LogP contribution in [0.5, 0.6) is 0 Å². The Morgan fingerprint density at radius 1 is 0.500 bits per heavy atom. The van der Waals surface area contributed by atoms with Crippen LogP contribution in [0.4, 0.5) is 0 Å². The first kappa shape index (κ1) is 19.1. The van der Waals surface area contributed by atoms with Crippen LogP contribution < -0.4 is 0 Å². The van der Waals surface area contributed by atoms with E-state index < -0.39 is 26.5 Å². The summed E-state index contributed by atoms with van der Waals surface area (Å²) in [6, 6.07) is 0.